The van der Waals surface area contributed by atoms with Gasteiger partial charge in [0.15, 0.2) is 3.57 Å². The molecule has 0 fully saturated rings. The van der Waals surface area contributed by atoms with Crippen molar-refractivity contribution in [2.75, 3.05) is 0 Å². The largest absolute Gasteiger partial charge is 0.296 e. The van der Waals surface area contributed by atoms with Gasteiger partial charge in [0.2, 0.25) is 0 Å². The molecule has 16 heavy (non-hydrogen) atoms. The predicted octanol–water partition coefficient (Wildman–Crippen LogP) is 1.12. The van der Waals surface area contributed by atoms with Crippen molar-refractivity contribution in [2.24, 2.45) is 0 Å². The van der Waals surface area contributed by atoms with Gasteiger partial charge >= 0.3 is 0 Å². The summed E-state index contributed by atoms with van der Waals surface area (Å²) < 4.78 is 1.34. The summed E-state index contributed by atoms with van der Waals surface area (Å²) in [6.45, 7) is 6.46. The number of aryl methyl sites for hydroxylation is 1. The molecule has 0 amide bonds. The molecule has 1 heteroatoms. The summed E-state index contributed by atoms with van der Waals surface area (Å²) in [4.78, 5) is 0. The van der Waals surface area contributed by atoms with Crippen LogP contribution in [0.25, 0.3) is 0 Å². The minimum absolute atomic E-state index is 1.27. The second kappa shape index (κ2) is 6.89. The lowest BCUT2D eigenvalue weighted by molar-refractivity contribution is -0.328. The van der Waals surface area contributed by atoms with Gasteiger partial charge in [-0.3, -0.25) is 0 Å². The molecule has 0 aromatic heterocycles. The molecule has 1 aliphatic rings. The zero-order chi connectivity index (χ0) is 12.0. The summed E-state index contributed by atoms with van der Waals surface area (Å²) in [5.74, 6) is 0. The summed E-state index contributed by atoms with van der Waals surface area (Å²) in [7, 11) is 0. The summed E-state index contributed by atoms with van der Waals surface area (Å²) in [6.07, 6.45) is 6.95. The van der Waals surface area contributed by atoms with E-state index in [1.54, 1.807) is 0 Å². The van der Waals surface area contributed by atoms with Gasteiger partial charge in [-0.25, -0.2) is 0 Å². The molecule has 1 aromatic carbocycles. The Balaban J connectivity index is 0.000000160. The van der Waals surface area contributed by atoms with Crippen LogP contribution in [0.3, 0.4) is 0 Å². The van der Waals surface area contributed by atoms with Gasteiger partial charge < -0.3 is 0 Å². The number of rotatable bonds is 0. The monoisotopic (exact) mass is 327 g/mol. The van der Waals surface area contributed by atoms with Crippen molar-refractivity contribution in [1.29, 1.82) is 0 Å². The Bertz CT molecular complexity index is 343. The minimum Gasteiger partial charge on any atom is -0.0730 e. The van der Waals surface area contributed by atoms with Crippen LogP contribution in [0.2, 0.25) is 0 Å². The molecule has 0 radical (unpaired) electrons. The topological polar surface area (TPSA) is 0 Å². The molecule has 0 aliphatic heterocycles. The van der Waals surface area contributed by atoms with Crippen LogP contribution in [0.1, 0.15) is 32.3 Å². The van der Waals surface area contributed by atoms with Crippen LogP contribution < -0.4 is 22.6 Å². The first kappa shape index (κ1) is 13.5. The molecule has 2 rings (SSSR count). The van der Waals surface area contributed by atoms with Crippen LogP contribution >= 0.6 is 0 Å². The third-order valence-corrected chi connectivity index (χ3v) is 3.36. The predicted molar refractivity (Wildman–Crippen MR) is 68.0 cm³/mol. The molecule has 1 aromatic rings. The van der Waals surface area contributed by atoms with Crippen molar-refractivity contribution in [3.8, 4) is 0 Å². The SMILES string of the molecule is CC1=CC=C(C)CC1.Cc1ccc([IH+])cc1. The van der Waals surface area contributed by atoms with E-state index in [2.05, 4.69) is 57.2 Å². The molecule has 0 nitrogen and oxygen atoms in total. The molecule has 0 spiro atoms. The summed E-state index contributed by atoms with van der Waals surface area (Å²) in [5, 5.41) is 0. The van der Waals surface area contributed by atoms with Crippen molar-refractivity contribution in [3.63, 3.8) is 0 Å². The van der Waals surface area contributed by atoms with Crippen LogP contribution in [0.5, 0.6) is 0 Å². The number of hydrogen-bond donors (Lipinski definition) is 0. The second-order valence-corrected chi connectivity index (χ2v) is 5.68. The standard InChI is InChI=1S/C8H12.C7H8I/c1-7-3-5-8(2)6-4-7;1-6-2-4-7(8)5-3-6/h3,5H,4,6H2,1-2H3;2-5,8H,1H3/q;+1. The van der Waals surface area contributed by atoms with Crippen molar-refractivity contribution in [1.82, 2.24) is 0 Å². The van der Waals surface area contributed by atoms with E-state index in [0.717, 1.165) is 0 Å². The summed E-state index contributed by atoms with van der Waals surface area (Å²) in [6, 6.07) is 8.50. The molecule has 0 N–H and O–H groups in total. The maximum Gasteiger partial charge on any atom is 0.296 e. The van der Waals surface area contributed by atoms with Gasteiger partial charge in [0, 0.05) is 0 Å². The Kier molecular flexibility index (Phi) is 5.81. The van der Waals surface area contributed by atoms with Gasteiger partial charge in [-0.2, -0.15) is 0 Å². The Labute approximate surface area is 113 Å². The highest BCUT2D eigenvalue weighted by molar-refractivity contribution is 5.20. The first-order chi connectivity index (χ1) is 7.58. The first-order valence-corrected chi connectivity index (χ1v) is 6.81. The lowest BCUT2D eigenvalue weighted by Crippen LogP contribution is -3.34. The van der Waals surface area contributed by atoms with E-state index in [0.29, 0.717) is 0 Å². The number of halogens is 1. The Morgan fingerprint density at radius 1 is 0.812 bits per heavy atom. The van der Waals surface area contributed by atoms with Crippen molar-refractivity contribution in [2.45, 2.75) is 33.6 Å². The van der Waals surface area contributed by atoms with E-state index < -0.39 is 0 Å². The second-order valence-electron chi connectivity index (χ2n) is 4.34. The molecular weight excluding hydrogens is 307 g/mol. The van der Waals surface area contributed by atoms with Gasteiger partial charge in [0.25, 0.3) is 22.6 Å². The third-order valence-electron chi connectivity index (χ3n) is 2.59. The molecule has 0 heterocycles. The van der Waals surface area contributed by atoms with Gasteiger partial charge in [-0.05, 0) is 45.7 Å². The fourth-order valence-corrected chi connectivity index (χ4v) is 1.77. The quantitative estimate of drug-likeness (QED) is 0.627. The maximum absolute atomic E-state index is 2.21. The lowest BCUT2D eigenvalue weighted by Gasteiger charge is -2.05. The molecule has 86 valence electrons. The molecule has 0 saturated heterocycles. The highest BCUT2D eigenvalue weighted by atomic mass is 127. The Morgan fingerprint density at radius 2 is 1.25 bits per heavy atom. The number of benzene rings is 1. The van der Waals surface area contributed by atoms with Gasteiger partial charge in [-0.1, -0.05) is 41.0 Å². The minimum atomic E-state index is 1.27. The lowest BCUT2D eigenvalue weighted by atomic mass is 10.0. The third kappa shape index (κ3) is 5.50. The van der Waals surface area contributed by atoms with E-state index in [1.165, 1.54) is 33.1 Å². The highest BCUT2D eigenvalue weighted by Gasteiger charge is 1.95. The molecular formula is C15H20I+. The van der Waals surface area contributed by atoms with Crippen LogP contribution in [0.4, 0.5) is 0 Å². The zero-order valence-electron chi connectivity index (χ0n) is 10.3. The maximum atomic E-state index is 2.21. The smallest absolute Gasteiger partial charge is 0.0730 e. The van der Waals surface area contributed by atoms with E-state index in [4.69, 9.17) is 0 Å². The molecule has 0 atom stereocenters. The summed E-state index contributed by atoms with van der Waals surface area (Å²) in [5.41, 5.74) is 4.35. The number of hydrogen-bond acceptors (Lipinski definition) is 0. The van der Waals surface area contributed by atoms with E-state index in [1.807, 2.05) is 22.6 Å². The fraction of sp³-hybridized carbons (Fsp3) is 0.333. The van der Waals surface area contributed by atoms with Crippen molar-refractivity contribution < 1.29 is 22.6 Å². The Morgan fingerprint density at radius 3 is 1.56 bits per heavy atom. The number of allylic oxidation sites excluding steroid dienone is 4. The van der Waals surface area contributed by atoms with Crippen LogP contribution in [-0.4, -0.2) is 0 Å². The fourth-order valence-electron chi connectivity index (χ4n) is 1.38. The summed E-state index contributed by atoms with van der Waals surface area (Å²) >= 11 is 2.03. The van der Waals surface area contributed by atoms with Crippen LogP contribution in [0.15, 0.2) is 47.6 Å². The van der Waals surface area contributed by atoms with Crippen LogP contribution in [-0.2, 0) is 0 Å². The molecule has 0 saturated carbocycles. The van der Waals surface area contributed by atoms with Crippen molar-refractivity contribution >= 4 is 0 Å². The van der Waals surface area contributed by atoms with Gasteiger partial charge in [-0.15, -0.1) is 0 Å². The Hall–Kier alpha value is -0.570. The van der Waals surface area contributed by atoms with E-state index in [-0.39, 0.29) is 0 Å². The van der Waals surface area contributed by atoms with Crippen molar-refractivity contribution in [3.05, 3.63) is 56.7 Å². The molecule has 0 unspecified atom stereocenters. The van der Waals surface area contributed by atoms with E-state index >= 15 is 0 Å². The van der Waals surface area contributed by atoms with E-state index in [9.17, 15) is 0 Å². The molecule has 1 aliphatic carbocycles. The first-order valence-electron chi connectivity index (χ1n) is 5.64. The average Bonchev–Trinajstić information content (AvgIpc) is 2.28. The van der Waals surface area contributed by atoms with Gasteiger partial charge in [0.05, 0.1) is 0 Å². The zero-order valence-corrected chi connectivity index (χ0v) is 12.6. The highest BCUT2D eigenvalue weighted by Crippen LogP contribution is 2.15. The van der Waals surface area contributed by atoms with Crippen LogP contribution in [0, 0.1) is 10.5 Å². The normalized spacial score (nSPS) is 14.5. The molecule has 0 bridgehead atoms. The van der Waals surface area contributed by atoms with Gasteiger partial charge in [0.1, 0.15) is 0 Å². The average molecular weight is 327 g/mol.